The highest BCUT2D eigenvalue weighted by Crippen LogP contribution is 2.30. The third-order valence-corrected chi connectivity index (χ3v) is 5.04. The zero-order valence-electron chi connectivity index (χ0n) is 15.9. The number of hydrogen-bond donors (Lipinski definition) is 7. The van der Waals surface area contributed by atoms with Crippen LogP contribution in [-0.2, 0) is 23.8 Å². The summed E-state index contributed by atoms with van der Waals surface area (Å²) >= 11 is 0. The van der Waals surface area contributed by atoms with Crippen LogP contribution in [0.1, 0.15) is 13.8 Å². The van der Waals surface area contributed by atoms with Crippen molar-refractivity contribution in [2.75, 3.05) is 13.2 Å². The molecule has 168 valence electrons. The molecule has 0 aromatic rings. The van der Waals surface area contributed by atoms with Crippen molar-refractivity contribution in [3.63, 3.8) is 0 Å². The number of ether oxygens (including phenoxy) is 3. The quantitative estimate of drug-likeness (QED) is 0.221. The van der Waals surface area contributed by atoms with E-state index in [2.05, 4.69) is 0 Å². The number of carbonyl (C=O) groups is 2. The van der Waals surface area contributed by atoms with Crippen molar-refractivity contribution < 1.29 is 54.4 Å². The van der Waals surface area contributed by atoms with E-state index in [1.807, 2.05) is 0 Å². The normalized spacial score (nSPS) is 43.1. The minimum absolute atomic E-state index is 0.616. The molecule has 0 unspecified atom stereocenters. The number of hydrogen-bond acceptors (Lipinski definition) is 12. The van der Waals surface area contributed by atoms with Gasteiger partial charge in [-0.25, -0.2) is 0 Å². The highest BCUT2D eigenvalue weighted by molar-refractivity contribution is 5.93. The predicted octanol–water partition coefficient (Wildman–Crippen LogP) is -5.03. The Labute approximate surface area is 166 Å². The van der Waals surface area contributed by atoms with Gasteiger partial charge in [0.2, 0.25) is 11.8 Å². The Bertz CT molecular complexity index is 577. The number of carbonyl (C=O) groups excluding carboxylic acids is 2. The van der Waals surface area contributed by atoms with Gasteiger partial charge in [-0.15, -0.1) is 0 Å². The topological polar surface area (TPSA) is 212 Å². The molecule has 2 aliphatic rings. The van der Waals surface area contributed by atoms with Gasteiger partial charge < -0.3 is 50.6 Å². The van der Waals surface area contributed by atoms with E-state index in [0.717, 1.165) is 13.8 Å². The molecule has 0 bridgehead atoms. The van der Waals surface area contributed by atoms with Crippen LogP contribution < -0.4 is 5.73 Å². The molecule has 0 radical (unpaired) electrons. The van der Waals surface area contributed by atoms with Crippen molar-refractivity contribution in [1.82, 2.24) is 4.90 Å². The van der Waals surface area contributed by atoms with Crippen molar-refractivity contribution in [2.45, 2.75) is 75.1 Å². The molecule has 2 amide bonds. The number of imide groups is 1. The maximum absolute atomic E-state index is 12.0. The van der Waals surface area contributed by atoms with E-state index in [1.165, 1.54) is 0 Å². The number of nitrogens with two attached hydrogens (primary N) is 1. The van der Waals surface area contributed by atoms with E-state index < -0.39 is 86.3 Å². The molecule has 29 heavy (non-hydrogen) atoms. The fraction of sp³-hybridized carbons (Fsp3) is 0.875. The fourth-order valence-corrected chi connectivity index (χ4v) is 3.52. The molecule has 0 spiro atoms. The fourth-order valence-electron chi connectivity index (χ4n) is 3.52. The third-order valence-electron chi connectivity index (χ3n) is 5.04. The molecule has 2 rings (SSSR count). The van der Waals surface area contributed by atoms with E-state index in [1.54, 1.807) is 0 Å². The molecule has 2 saturated heterocycles. The van der Waals surface area contributed by atoms with Crippen LogP contribution in [0.4, 0.5) is 0 Å². The molecule has 0 saturated carbocycles. The lowest BCUT2D eigenvalue weighted by Crippen LogP contribution is -2.69. The summed E-state index contributed by atoms with van der Waals surface area (Å²) in [6.45, 7) is 0.686. The Kier molecular flexibility index (Phi) is 8.03. The standard InChI is InChI=1S/C16H28N2O11/c1-5(21)18(6(2)22)10-13(25)11(23)7(3-19)28-16(10)29-14-8(4-20)27-15(26)9(17)12(14)24/h7-16,19-20,23-26H,3-4,17H2,1-2H3/t7-,8-,9-,10-,11-,12-,13-,14-,15-,16+/m1/s1. The molecular formula is C16H28N2O11. The average molecular weight is 424 g/mol. The van der Waals surface area contributed by atoms with Gasteiger partial charge in [0.1, 0.15) is 42.7 Å². The lowest BCUT2D eigenvalue weighted by molar-refractivity contribution is -0.332. The second kappa shape index (κ2) is 9.70. The molecule has 2 fully saturated rings. The Hall–Kier alpha value is -1.26. The molecule has 0 aromatic carbocycles. The van der Waals surface area contributed by atoms with Crippen LogP contribution in [0.25, 0.3) is 0 Å². The number of nitrogens with zero attached hydrogens (tertiary/aromatic N) is 1. The van der Waals surface area contributed by atoms with Gasteiger partial charge in [0.05, 0.1) is 19.3 Å². The zero-order valence-corrected chi connectivity index (χ0v) is 15.9. The van der Waals surface area contributed by atoms with E-state index in [9.17, 15) is 40.2 Å². The summed E-state index contributed by atoms with van der Waals surface area (Å²) in [4.78, 5) is 24.6. The number of amides is 2. The Balaban J connectivity index is 2.38. The van der Waals surface area contributed by atoms with Crippen LogP contribution in [0.5, 0.6) is 0 Å². The first-order valence-electron chi connectivity index (χ1n) is 9.01. The average Bonchev–Trinajstić information content (AvgIpc) is 2.66. The van der Waals surface area contributed by atoms with Gasteiger partial charge >= 0.3 is 0 Å². The van der Waals surface area contributed by atoms with Crippen LogP contribution in [0.3, 0.4) is 0 Å². The SMILES string of the molecule is CC(=O)N(C(C)=O)[C@H]1[C@H](O[C@H]2[C@H](O)[C@@H](N)[C@H](O)O[C@@H]2CO)O[C@H](CO)[C@@H](O)[C@@H]1O. The van der Waals surface area contributed by atoms with E-state index in [0.29, 0.717) is 4.90 Å². The summed E-state index contributed by atoms with van der Waals surface area (Å²) in [6, 6.07) is -2.86. The van der Waals surface area contributed by atoms with E-state index in [4.69, 9.17) is 19.9 Å². The number of rotatable bonds is 5. The van der Waals surface area contributed by atoms with Crippen molar-refractivity contribution in [1.29, 1.82) is 0 Å². The Morgan fingerprint density at radius 2 is 1.48 bits per heavy atom. The molecule has 0 aromatic heterocycles. The first-order valence-corrected chi connectivity index (χ1v) is 9.01. The molecule has 2 aliphatic heterocycles. The summed E-state index contributed by atoms with van der Waals surface area (Å²) < 4.78 is 16.2. The minimum Gasteiger partial charge on any atom is -0.394 e. The second-order valence-corrected chi connectivity index (χ2v) is 7.02. The van der Waals surface area contributed by atoms with Gasteiger partial charge in [-0.3, -0.25) is 14.5 Å². The largest absolute Gasteiger partial charge is 0.394 e. The van der Waals surface area contributed by atoms with Gasteiger partial charge in [-0.1, -0.05) is 0 Å². The van der Waals surface area contributed by atoms with Crippen molar-refractivity contribution in [2.24, 2.45) is 5.73 Å². The summed E-state index contributed by atoms with van der Waals surface area (Å²) in [6.07, 6.45) is -12.2. The zero-order chi connectivity index (χ0) is 22.0. The molecule has 10 atom stereocenters. The maximum Gasteiger partial charge on any atom is 0.226 e. The second-order valence-electron chi connectivity index (χ2n) is 7.02. The maximum atomic E-state index is 12.0. The first-order chi connectivity index (χ1) is 13.5. The highest BCUT2D eigenvalue weighted by atomic mass is 16.7. The summed E-state index contributed by atoms with van der Waals surface area (Å²) in [7, 11) is 0. The minimum atomic E-state index is -1.76. The van der Waals surface area contributed by atoms with E-state index in [-0.39, 0.29) is 0 Å². The number of aliphatic hydroxyl groups excluding tert-OH is 6. The molecule has 2 heterocycles. The monoisotopic (exact) mass is 424 g/mol. The van der Waals surface area contributed by atoms with Crippen molar-refractivity contribution >= 4 is 11.8 Å². The molecule has 0 aliphatic carbocycles. The molecule has 13 nitrogen and oxygen atoms in total. The van der Waals surface area contributed by atoms with Gasteiger partial charge in [-0.05, 0) is 0 Å². The third kappa shape index (κ3) is 4.74. The molecule has 13 heteroatoms. The highest BCUT2D eigenvalue weighted by Gasteiger charge is 2.52. The van der Waals surface area contributed by atoms with Crippen LogP contribution in [0, 0.1) is 0 Å². The predicted molar refractivity (Wildman–Crippen MR) is 91.6 cm³/mol. The molecule has 8 N–H and O–H groups in total. The smallest absolute Gasteiger partial charge is 0.226 e. The van der Waals surface area contributed by atoms with Gasteiger partial charge in [0.15, 0.2) is 12.6 Å². The number of aliphatic hydroxyl groups is 6. The lowest BCUT2D eigenvalue weighted by atomic mass is 9.94. The van der Waals surface area contributed by atoms with Gasteiger partial charge in [0.25, 0.3) is 0 Å². The van der Waals surface area contributed by atoms with Crippen LogP contribution in [0.15, 0.2) is 0 Å². The summed E-state index contributed by atoms with van der Waals surface area (Å²) in [5.41, 5.74) is 5.65. The van der Waals surface area contributed by atoms with Crippen LogP contribution >= 0.6 is 0 Å². The van der Waals surface area contributed by atoms with Crippen molar-refractivity contribution in [3.05, 3.63) is 0 Å². The van der Waals surface area contributed by atoms with Crippen LogP contribution in [0.2, 0.25) is 0 Å². The first kappa shape index (κ1) is 24.0. The Morgan fingerprint density at radius 1 is 0.931 bits per heavy atom. The summed E-state index contributed by atoms with van der Waals surface area (Å²) in [5, 5.41) is 59.7. The Morgan fingerprint density at radius 3 is 1.97 bits per heavy atom. The van der Waals surface area contributed by atoms with E-state index >= 15 is 0 Å². The molecular weight excluding hydrogens is 396 g/mol. The van der Waals surface area contributed by atoms with Crippen molar-refractivity contribution in [3.8, 4) is 0 Å². The van der Waals surface area contributed by atoms with Crippen LogP contribution in [-0.4, -0.2) is 122 Å². The summed E-state index contributed by atoms with van der Waals surface area (Å²) in [5.74, 6) is -1.56. The van der Waals surface area contributed by atoms with Gasteiger partial charge in [-0.2, -0.15) is 0 Å². The lowest BCUT2D eigenvalue weighted by Gasteiger charge is -2.48. The van der Waals surface area contributed by atoms with Gasteiger partial charge in [0, 0.05) is 13.8 Å².